The monoisotopic (exact) mass is 509 g/mol. The predicted octanol–water partition coefficient (Wildman–Crippen LogP) is 6.76. The number of nitrogens with zero attached hydrogens (tertiary/aromatic N) is 1. The second-order valence-electron chi connectivity index (χ2n) is 8.74. The van der Waals surface area contributed by atoms with Gasteiger partial charge in [0, 0.05) is 5.56 Å². The Labute approximate surface area is 218 Å². The molecule has 1 aliphatic heterocycles. The highest BCUT2D eigenvalue weighted by molar-refractivity contribution is 8.18. The van der Waals surface area contributed by atoms with Crippen LogP contribution < -0.4 is 14.2 Å². The minimum absolute atomic E-state index is 0.183. The van der Waals surface area contributed by atoms with Gasteiger partial charge >= 0.3 is 0 Å². The Bertz CT molecular complexity index is 1150. The highest BCUT2D eigenvalue weighted by atomic mass is 32.2. The summed E-state index contributed by atoms with van der Waals surface area (Å²) in [5, 5.41) is -0.301. The normalized spacial score (nSPS) is 14.6. The number of carbonyl (C=O) groups is 2. The molecule has 1 fully saturated rings. The molecular formula is C29H35NO5S. The summed E-state index contributed by atoms with van der Waals surface area (Å²) < 4.78 is 17.6. The molecule has 6 nitrogen and oxygen atoms in total. The van der Waals surface area contributed by atoms with E-state index in [9.17, 15) is 9.59 Å². The van der Waals surface area contributed by atoms with Crippen molar-refractivity contribution in [2.45, 2.75) is 47.0 Å². The van der Waals surface area contributed by atoms with E-state index in [2.05, 4.69) is 32.6 Å². The molecular weight excluding hydrogens is 474 g/mol. The van der Waals surface area contributed by atoms with Crippen molar-refractivity contribution in [1.29, 1.82) is 0 Å². The number of aryl methyl sites for hydroxylation is 1. The number of imide groups is 1. The van der Waals surface area contributed by atoms with E-state index in [4.69, 9.17) is 14.2 Å². The smallest absolute Gasteiger partial charge is 0.293 e. The summed E-state index contributed by atoms with van der Waals surface area (Å²) in [7, 11) is 0. The van der Waals surface area contributed by atoms with Gasteiger partial charge in [0.05, 0.1) is 24.7 Å². The van der Waals surface area contributed by atoms with Crippen LogP contribution in [0.1, 0.15) is 55.9 Å². The van der Waals surface area contributed by atoms with Gasteiger partial charge in [0.15, 0.2) is 11.5 Å². The Morgan fingerprint density at radius 2 is 1.78 bits per heavy atom. The summed E-state index contributed by atoms with van der Waals surface area (Å²) in [5.41, 5.74) is 3.88. The van der Waals surface area contributed by atoms with Gasteiger partial charge in [-0.15, -0.1) is 6.58 Å². The Morgan fingerprint density at radius 1 is 1.03 bits per heavy atom. The topological polar surface area (TPSA) is 65.1 Å². The summed E-state index contributed by atoms with van der Waals surface area (Å²) in [6, 6.07) is 9.89. The van der Waals surface area contributed by atoms with E-state index in [1.54, 1.807) is 12.2 Å². The van der Waals surface area contributed by atoms with Gasteiger partial charge in [-0.1, -0.05) is 32.1 Å². The third-order valence-electron chi connectivity index (χ3n) is 5.64. The van der Waals surface area contributed by atoms with E-state index >= 15 is 0 Å². The largest absolute Gasteiger partial charge is 0.491 e. The molecule has 192 valence electrons. The first-order valence-corrected chi connectivity index (χ1v) is 13.1. The van der Waals surface area contributed by atoms with Gasteiger partial charge in [-0.3, -0.25) is 14.5 Å². The standard InChI is InChI=1S/C29H35NO5S/c1-7-10-22-16-21(17-25(33-8-2)27(22)34-9-3)18-26-28(31)30(29(32)36-26)13-14-35-24-15-20(6)11-12-23(24)19(4)5/h7,11-12,15-19H,1,8-10,13-14H2,2-6H3/b26-18-. The minimum atomic E-state index is -0.320. The molecule has 0 atom stereocenters. The molecule has 0 N–H and O–H groups in total. The highest BCUT2D eigenvalue weighted by Crippen LogP contribution is 2.37. The molecule has 0 aliphatic carbocycles. The van der Waals surface area contributed by atoms with Crippen molar-refractivity contribution < 1.29 is 23.8 Å². The fraction of sp³-hybridized carbons (Fsp3) is 0.379. The van der Waals surface area contributed by atoms with Gasteiger partial charge in [0.25, 0.3) is 11.1 Å². The van der Waals surface area contributed by atoms with Crippen LogP contribution in [0.4, 0.5) is 4.79 Å². The van der Waals surface area contributed by atoms with Crippen LogP contribution in [0.15, 0.2) is 47.9 Å². The van der Waals surface area contributed by atoms with Crippen LogP contribution in [0, 0.1) is 6.92 Å². The van der Waals surface area contributed by atoms with E-state index in [0.717, 1.165) is 39.8 Å². The zero-order chi connectivity index (χ0) is 26.2. The third kappa shape index (κ3) is 6.52. The third-order valence-corrected chi connectivity index (χ3v) is 6.55. The number of carbonyl (C=O) groups excluding carboxylic acids is 2. The molecule has 2 amide bonds. The zero-order valence-corrected chi connectivity index (χ0v) is 22.6. The summed E-state index contributed by atoms with van der Waals surface area (Å²) >= 11 is 0.937. The minimum Gasteiger partial charge on any atom is -0.491 e. The molecule has 0 unspecified atom stereocenters. The quantitative estimate of drug-likeness (QED) is 0.233. The lowest BCUT2D eigenvalue weighted by Gasteiger charge is -2.17. The van der Waals surface area contributed by atoms with E-state index in [-0.39, 0.29) is 24.3 Å². The van der Waals surface area contributed by atoms with Crippen LogP contribution >= 0.6 is 11.8 Å². The average Bonchev–Trinajstić information content (AvgIpc) is 3.08. The zero-order valence-electron chi connectivity index (χ0n) is 21.8. The first-order valence-electron chi connectivity index (χ1n) is 12.3. The van der Waals surface area contributed by atoms with Crippen molar-refractivity contribution in [2.75, 3.05) is 26.4 Å². The molecule has 1 heterocycles. The number of benzene rings is 2. The first kappa shape index (κ1) is 27.4. The molecule has 3 rings (SSSR count). The number of hydrogen-bond acceptors (Lipinski definition) is 6. The van der Waals surface area contributed by atoms with Crippen molar-refractivity contribution in [3.63, 3.8) is 0 Å². The lowest BCUT2D eigenvalue weighted by atomic mass is 10.0. The maximum Gasteiger partial charge on any atom is 0.293 e. The van der Waals surface area contributed by atoms with Crippen LogP contribution in [0.5, 0.6) is 17.2 Å². The molecule has 0 radical (unpaired) electrons. The van der Waals surface area contributed by atoms with Crippen LogP contribution in [0.2, 0.25) is 0 Å². The van der Waals surface area contributed by atoms with E-state index in [1.165, 1.54) is 4.90 Å². The average molecular weight is 510 g/mol. The number of amides is 2. The highest BCUT2D eigenvalue weighted by Gasteiger charge is 2.35. The molecule has 0 aromatic heterocycles. The van der Waals surface area contributed by atoms with Gasteiger partial charge in [0.2, 0.25) is 0 Å². The van der Waals surface area contributed by atoms with Crippen LogP contribution in [-0.4, -0.2) is 42.4 Å². The van der Waals surface area contributed by atoms with Gasteiger partial charge in [-0.2, -0.15) is 0 Å². The molecule has 0 bridgehead atoms. The van der Waals surface area contributed by atoms with Gasteiger partial charge in [-0.25, -0.2) is 0 Å². The number of rotatable bonds is 12. The van der Waals surface area contributed by atoms with E-state index in [1.807, 2.05) is 39.0 Å². The lowest BCUT2D eigenvalue weighted by Crippen LogP contribution is -2.32. The van der Waals surface area contributed by atoms with Crippen LogP contribution in [0.25, 0.3) is 6.08 Å². The molecule has 7 heteroatoms. The lowest BCUT2D eigenvalue weighted by molar-refractivity contribution is -0.123. The van der Waals surface area contributed by atoms with Gasteiger partial charge in [-0.05, 0) is 85.8 Å². The molecule has 1 saturated heterocycles. The van der Waals surface area contributed by atoms with Crippen molar-refractivity contribution >= 4 is 29.0 Å². The second kappa shape index (κ2) is 12.7. The Kier molecular flexibility index (Phi) is 9.65. The maximum atomic E-state index is 13.1. The van der Waals surface area contributed by atoms with Crippen molar-refractivity contribution in [3.8, 4) is 17.2 Å². The number of thioether (sulfide) groups is 1. The van der Waals surface area contributed by atoms with Gasteiger partial charge in [0.1, 0.15) is 12.4 Å². The second-order valence-corrected chi connectivity index (χ2v) is 9.74. The fourth-order valence-electron chi connectivity index (χ4n) is 3.98. The fourth-order valence-corrected chi connectivity index (χ4v) is 4.84. The van der Waals surface area contributed by atoms with Crippen molar-refractivity contribution in [2.24, 2.45) is 0 Å². The first-order chi connectivity index (χ1) is 17.3. The molecule has 2 aromatic rings. The molecule has 36 heavy (non-hydrogen) atoms. The summed E-state index contributed by atoms with van der Waals surface area (Å²) in [5.74, 6) is 2.07. The van der Waals surface area contributed by atoms with Gasteiger partial charge < -0.3 is 14.2 Å². The summed E-state index contributed by atoms with van der Waals surface area (Å²) in [4.78, 5) is 27.3. The maximum absolute atomic E-state index is 13.1. The number of hydrogen-bond donors (Lipinski definition) is 0. The van der Waals surface area contributed by atoms with Crippen molar-refractivity contribution in [3.05, 3.63) is 70.1 Å². The Balaban J connectivity index is 1.78. The predicted molar refractivity (Wildman–Crippen MR) is 146 cm³/mol. The van der Waals surface area contributed by atoms with Crippen molar-refractivity contribution in [1.82, 2.24) is 4.90 Å². The van der Waals surface area contributed by atoms with Crippen LogP contribution in [-0.2, 0) is 11.2 Å². The summed E-state index contributed by atoms with van der Waals surface area (Å²) in [6.07, 6.45) is 4.12. The number of allylic oxidation sites excluding steroid dienone is 1. The molecule has 1 aliphatic rings. The molecule has 2 aromatic carbocycles. The van der Waals surface area contributed by atoms with E-state index < -0.39 is 0 Å². The SMILES string of the molecule is C=CCc1cc(/C=C2\SC(=O)N(CCOc3cc(C)ccc3C(C)C)C2=O)cc(OCC)c1OCC. The van der Waals surface area contributed by atoms with E-state index in [0.29, 0.717) is 42.0 Å². The summed E-state index contributed by atoms with van der Waals surface area (Å²) in [6.45, 7) is 15.3. The van der Waals surface area contributed by atoms with Crippen LogP contribution in [0.3, 0.4) is 0 Å². The molecule has 0 saturated carbocycles. The Morgan fingerprint density at radius 3 is 2.44 bits per heavy atom. The molecule has 0 spiro atoms. The number of ether oxygens (including phenoxy) is 3. The Hall–Kier alpha value is -3.19.